The number of hydrogen-bond acceptors (Lipinski definition) is 5. The summed E-state index contributed by atoms with van der Waals surface area (Å²) in [6.07, 6.45) is 1.69. The molecule has 4 atom stereocenters. The summed E-state index contributed by atoms with van der Waals surface area (Å²) < 4.78 is 36.0. The zero-order valence-corrected chi connectivity index (χ0v) is 23.0. The number of carbonyl (C=O) groups is 3. The van der Waals surface area contributed by atoms with E-state index >= 15 is 8.78 Å². The first-order valence-electron chi connectivity index (χ1n) is 13.5. The van der Waals surface area contributed by atoms with Crippen LogP contribution in [-0.2, 0) is 27.2 Å². The summed E-state index contributed by atoms with van der Waals surface area (Å²) in [5.74, 6) is -2.80. The Bertz CT molecular complexity index is 1430. The van der Waals surface area contributed by atoms with E-state index in [-0.39, 0.29) is 41.8 Å². The summed E-state index contributed by atoms with van der Waals surface area (Å²) in [6, 6.07) is 7.82. The van der Waals surface area contributed by atoms with Crippen molar-refractivity contribution in [3.05, 3.63) is 53.1 Å². The number of amides is 3. The smallest absolute Gasteiger partial charge is 0.411 e. The minimum absolute atomic E-state index is 0.0318. The quantitative estimate of drug-likeness (QED) is 0.591. The van der Waals surface area contributed by atoms with Gasteiger partial charge >= 0.3 is 6.09 Å². The summed E-state index contributed by atoms with van der Waals surface area (Å²) in [6.45, 7) is 5.26. The highest BCUT2D eigenvalue weighted by Gasteiger charge is 2.52. The van der Waals surface area contributed by atoms with E-state index in [1.165, 1.54) is 21.9 Å². The Balaban J connectivity index is 1.31. The van der Waals surface area contributed by atoms with Crippen molar-refractivity contribution in [1.82, 2.24) is 10.2 Å². The molecule has 0 aromatic heterocycles. The highest BCUT2D eigenvalue weighted by Crippen LogP contribution is 2.43. The van der Waals surface area contributed by atoms with Crippen LogP contribution in [0.2, 0.25) is 0 Å². The minimum Gasteiger partial charge on any atom is -0.444 e. The Morgan fingerprint density at radius 2 is 1.93 bits per heavy atom. The maximum atomic E-state index is 15.2. The van der Waals surface area contributed by atoms with Crippen molar-refractivity contribution in [3.8, 4) is 17.2 Å². The maximum Gasteiger partial charge on any atom is 0.411 e. The van der Waals surface area contributed by atoms with Gasteiger partial charge in [-0.1, -0.05) is 24.3 Å². The highest BCUT2D eigenvalue weighted by molar-refractivity contribution is 6.01. The third-order valence-corrected chi connectivity index (χ3v) is 7.99. The zero-order valence-electron chi connectivity index (χ0n) is 23.0. The molecule has 2 bridgehead atoms. The predicted octanol–water partition coefficient (Wildman–Crippen LogP) is 4.49. The van der Waals surface area contributed by atoms with E-state index in [1.807, 2.05) is 6.07 Å². The lowest BCUT2D eigenvalue weighted by atomic mass is 9.96. The van der Waals surface area contributed by atoms with Crippen LogP contribution in [0.5, 0.6) is 0 Å². The average molecular weight is 551 g/mol. The Kier molecular flexibility index (Phi) is 7.02. The third kappa shape index (κ3) is 5.01. The number of nitriles is 1. The normalized spacial score (nSPS) is 22.2. The molecule has 1 saturated carbocycles. The molecule has 2 aliphatic heterocycles. The zero-order chi connectivity index (χ0) is 28.9. The summed E-state index contributed by atoms with van der Waals surface area (Å²) in [4.78, 5) is 41.1. The van der Waals surface area contributed by atoms with Crippen molar-refractivity contribution in [1.29, 1.82) is 5.26 Å². The van der Waals surface area contributed by atoms with E-state index in [1.54, 1.807) is 46.0 Å². The molecular weight excluding hydrogens is 518 g/mol. The lowest BCUT2D eigenvalue weighted by Crippen LogP contribution is -2.55. The fourth-order valence-electron chi connectivity index (χ4n) is 6.09. The molecule has 2 aromatic carbocycles. The summed E-state index contributed by atoms with van der Waals surface area (Å²) >= 11 is 0. The number of hydrogen-bond donors (Lipinski definition) is 1. The van der Waals surface area contributed by atoms with Gasteiger partial charge in [0.25, 0.3) is 0 Å². The Morgan fingerprint density at radius 3 is 2.62 bits per heavy atom. The number of fused-ring (bicyclic) bond motifs is 3. The summed E-state index contributed by atoms with van der Waals surface area (Å²) in [5, 5.41) is 12.4. The molecule has 8 nitrogen and oxygen atoms in total. The number of carbonyl (C=O) groups excluding carboxylic acids is 3. The highest BCUT2D eigenvalue weighted by atomic mass is 19.2. The third-order valence-electron chi connectivity index (χ3n) is 7.99. The number of likely N-dealkylation sites (tertiary alicyclic amines) is 1. The van der Waals surface area contributed by atoms with Gasteiger partial charge in [0.1, 0.15) is 17.7 Å². The Hall–Kier alpha value is -4.00. The molecule has 10 heteroatoms. The molecule has 2 fully saturated rings. The van der Waals surface area contributed by atoms with Gasteiger partial charge in [0.05, 0.1) is 12.5 Å². The van der Waals surface area contributed by atoms with E-state index in [2.05, 4.69) is 5.32 Å². The molecule has 1 saturated heterocycles. The molecular formula is C30H32F2N4O4. The maximum absolute atomic E-state index is 15.2. The van der Waals surface area contributed by atoms with Gasteiger partial charge in [-0.25, -0.2) is 13.6 Å². The first kappa shape index (κ1) is 27.6. The monoisotopic (exact) mass is 550 g/mol. The van der Waals surface area contributed by atoms with Crippen molar-refractivity contribution in [2.75, 3.05) is 11.9 Å². The second-order valence-electron chi connectivity index (χ2n) is 11.8. The number of nitrogens with one attached hydrogen (secondary N) is 1. The number of halogens is 2. The molecule has 0 radical (unpaired) electrons. The van der Waals surface area contributed by atoms with Gasteiger partial charge in [-0.3, -0.25) is 14.5 Å². The van der Waals surface area contributed by atoms with Crippen molar-refractivity contribution in [2.24, 2.45) is 5.92 Å². The van der Waals surface area contributed by atoms with E-state index in [0.717, 1.165) is 18.4 Å². The molecule has 1 N–H and O–H groups in total. The van der Waals surface area contributed by atoms with Gasteiger partial charge in [-0.2, -0.15) is 5.26 Å². The van der Waals surface area contributed by atoms with Crippen LogP contribution in [-0.4, -0.2) is 53.6 Å². The number of piperidine rings is 1. The summed E-state index contributed by atoms with van der Waals surface area (Å²) in [5.41, 5.74) is 1.15. The average Bonchev–Trinajstić information content (AvgIpc) is 3.59. The van der Waals surface area contributed by atoms with Crippen molar-refractivity contribution < 1.29 is 27.9 Å². The molecule has 4 unspecified atom stereocenters. The molecule has 3 amide bonds. The van der Waals surface area contributed by atoms with Crippen LogP contribution in [0.15, 0.2) is 30.3 Å². The fraction of sp³-hybridized carbons (Fsp3) is 0.467. The predicted molar refractivity (Wildman–Crippen MR) is 143 cm³/mol. The van der Waals surface area contributed by atoms with E-state index in [4.69, 9.17) is 4.74 Å². The molecule has 40 heavy (non-hydrogen) atoms. The number of ether oxygens (including phenoxy) is 1. The second-order valence-corrected chi connectivity index (χ2v) is 11.8. The van der Waals surface area contributed by atoms with Gasteiger partial charge in [0.2, 0.25) is 11.8 Å². The van der Waals surface area contributed by atoms with Gasteiger partial charge in [0, 0.05) is 30.8 Å². The second kappa shape index (κ2) is 10.2. The Labute approximate surface area is 231 Å². The van der Waals surface area contributed by atoms with E-state index in [0.29, 0.717) is 17.7 Å². The number of benzene rings is 2. The number of anilines is 1. The molecule has 3 aliphatic rings. The molecule has 2 aromatic rings. The van der Waals surface area contributed by atoms with Gasteiger partial charge < -0.3 is 15.0 Å². The van der Waals surface area contributed by atoms with Crippen molar-refractivity contribution in [2.45, 2.75) is 76.6 Å². The summed E-state index contributed by atoms with van der Waals surface area (Å²) in [7, 11) is 1.64. The van der Waals surface area contributed by atoms with Crippen molar-refractivity contribution >= 4 is 23.6 Å². The number of rotatable bonds is 5. The van der Waals surface area contributed by atoms with E-state index in [9.17, 15) is 19.6 Å². The number of nitrogens with zero attached hydrogens (tertiary/aromatic N) is 3. The lowest BCUT2D eigenvalue weighted by molar-refractivity contribution is -0.128. The van der Waals surface area contributed by atoms with Crippen LogP contribution in [0, 0.1) is 28.9 Å². The lowest BCUT2D eigenvalue weighted by Gasteiger charge is -2.35. The van der Waals surface area contributed by atoms with Crippen LogP contribution in [0.4, 0.5) is 19.3 Å². The first-order valence-corrected chi connectivity index (χ1v) is 13.5. The Morgan fingerprint density at radius 1 is 1.18 bits per heavy atom. The van der Waals surface area contributed by atoms with Crippen LogP contribution in [0.1, 0.15) is 51.2 Å². The molecule has 210 valence electrons. The molecule has 0 spiro atoms. The molecule has 5 rings (SSSR count). The first-order chi connectivity index (χ1) is 18.9. The van der Waals surface area contributed by atoms with Crippen LogP contribution >= 0.6 is 0 Å². The van der Waals surface area contributed by atoms with Gasteiger partial charge in [0.15, 0.2) is 11.6 Å². The van der Waals surface area contributed by atoms with Gasteiger partial charge in [-0.05, 0) is 68.7 Å². The topological polar surface area (TPSA) is 103 Å². The van der Waals surface area contributed by atoms with Crippen LogP contribution < -0.4 is 10.2 Å². The van der Waals surface area contributed by atoms with Crippen LogP contribution in [0.3, 0.4) is 0 Å². The molecule has 2 heterocycles. The van der Waals surface area contributed by atoms with E-state index < -0.39 is 41.3 Å². The van der Waals surface area contributed by atoms with Gasteiger partial charge in [-0.15, -0.1) is 0 Å². The largest absolute Gasteiger partial charge is 0.444 e. The minimum atomic E-state index is -1.13. The van der Waals surface area contributed by atoms with Crippen LogP contribution in [0.25, 0.3) is 11.1 Å². The molecule has 1 aliphatic carbocycles. The standard InChI is InChI=1S/C30H32F2N4O4/c1-30(2,3)40-29(39)36-21-9-7-19(12-21)27(36)28(38)34-20(15-33)11-18-8-10-22(26(32)25(18)31)16-5-6-17-14-24(37)35(4)23(17)13-16/h5-6,8,10,13,19-21,27H,7,9,11-12,14H2,1-4H3,(H,34,38). The van der Waals surface area contributed by atoms with Crippen molar-refractivity contribution in [3.63, 3.8) is 0 Å². The SMILES string of the molecule is CN1C(=O)Cc2ccc(-c3ccc(CC(C#N)NC(=O)C4C5CCC(C5)N4C(=O)OC(C)(C)C)c(F)c3F)cc21. The number of likely N-dealkylation sites (N-methyl/N-ethyl adjacent to an activating group) is 1. The fourth-order valence-corrected chi connectivity index (χ4v) is 6.09.